The van der Waals surface area contributed by atoms with Gasteiger partial charge in [-0.15, -0.1) is 0 Å². The van der Waals surface area contributed by atoms with Gasteiger partial charge >= 0.3 is 0 Å². The molecule has 0 bridgehead atoms. The number of hydrogen-bond acceptors (Lipinski definition) is 6. The number of phenols is 1. The van der Waals surface area contributed by atoms with Crippen LogP contribution >= 0.6 is 0 Å². The third-order valence-corrected chi connectivity index (χ3v) is 3.07. The summed E-state index contributed by atoms with van der Waals surface area (Å²) in [5.41, 5.74) is -0.393. The minimum Gasteiger partial charge on any atom is -0.507 e. The first-order valence-electron chi connectivity index (χ1n) is 5.65. The van der Waals surface area contributed by atoms with Gasteiger partial charge in [0, 0.05) is 10.9 Å². The predicted octanol–water partition coefficient (Wildman–Crippen LogP) is 0.265. The predicted molar refractivity (Wildman–Crippen MR) is 66.0 cm³/mol. The van der Waals surface area contributed by atoms with Gasteiger partial charge < -0.3 is 25.5 Å². The molecule has 5 N–H and O–H groups in total. The van der Waals surface area contributed by atoms with Crippen LogP contribution in [0, 0.1) is 0 Å². The average Bonchev–Trinajstić information content (AvgIpc) is 2.38. The quantitative estimate of drug-likeness (QED) is 0.515. The first-order valence-corrected chi connectivity index (χ1v) is 5.65. The summed E-state index contributed by atoms with van der Waals surface area (Å²) in [6, 6.07) is 8.58. The van der Waals surface area contributed by atoms with Gasteiger partial charge in [0.25, 0.3) is 5.79 Å². The highest BCUT2D eigenvalue weighted by Crippen LogP contribution is 2.37. The van der Waals surface area contributed by atoms with Gasteiger partial charge in [-0.1, -0.05) is 30.3 Å². The molecule has 7 heteroatoms. The monoisotopic (exact) mass is 284 g/mol. The van der Waals surface area contributed by atoms with Crippen molar-refractivity contribution in [3.63, 3.8) is 0 Å². The molecular formula is C13H13FO6. The van der Waals surface area contributed by atoms with Crippen LogP contribution in [0.25, 0.3) is 10.8 Å². The van der Waals surface area contributed by atoms with Crippen molar-refractivity contribution in [3.05, 3.63) is 42.0 Å². The second-order valence-electron chi connectivity index (χ2n) is 4.42. The van der Waals surface area contributed by atoms with Crippen molar-refractivity contribution >= 4 is 10.8 Å². The van der Waals surface area contributed by atoms with Crippen LogP contribution in [0.4, 0.5) is 4.53 Å². The van der Waals surface area contributed by atoms with E-state index < -0.39 is 23.7 Å². The van der Waals surface area contributed by atoms with Gasteiger partial charge in [-0.05, 0) is 16.0 Å². The fraction of sp³-hybridized carbons (Fsp3) is 0.231. The summed E-state index contributed by atoms with van der Waals surface area (Å²) in [5, 5.41) is 49.3. The molecule has 0 saturated heterocycles. The Morgan fingerprint density at radius 1 is 1.00 bits per heavy atom. The Morgan fingerprint density at radius 3 is 2.20 bits per heavy atom. The van der Waals surface area contributed by atoms with E-state index in [-0.39, 0.29) is 11.1 Å². The van der Waals surface area contributed by atoms with Crippen LogP contribution in [-0.4, -0.2) is 37.9 Å². The van der Waals surface area contributed by atoms with Crippen molar-refractivity contribution in [3.8, 4) is 5.75 Å². The SMILES string of the molecule is Oc1cccc2cccc(C(O)(O)C(O)(O)COF)c12. The van der Waals surface area contributed by atoms with Crippen LogP contribution in [0.3, 0.4) is 0 Å². The lowest BCUT2D eigenvalue weighted by molar-refractivity contribution is -0.392. The number of benzene rings is 2. The van der Waals surface area contributed by atoms with Gasteiger partial charge in [0.2, 0.25) is 5.79 Å². The minimum atomic E-state index is -3.31. The Balaban J connectivity index is 2.69. The van der Waals surface area contributed by atoms with E-state index in [0.717, 1.165) is 0 Å². The summed E-state index contributed by atoms with van der Waals surface area (Å²) < 4.78 is 11.8. The molecule has 6 nitrogen and oxygen atoms in total. The van der Waals surface area contributed by atoms with Crippen molar-refractivity contribution in [1.29, 1.82) is 0 Å². The van der Waals surface area contributed by atoms with Gasteiger partial charge in [0.15, 0.2) is 0 Å². The first kappa shape index (κ1) is 14.6. The maximum Gasteiger partial charge on any atom is 0.251 e. The van der Waals surface area contributed by atoms with Gasteiger partial charge in [0.05, 0.1) is 0 Å². The van der Waals surface area contributed by atoms with E-state index >= 15 is 0 Å². The number of halogens is 1. The van der Waals surface area contributed by atoms with Crippen LogP contribution in [0.1, 0.15) is 5.56 Å². The Bertz CT molecular complexity index is 620. The molecule has 0 aliphatic rings. The maximum atomic E-state index is 11.8. The number of rotatable bonds is 4. The van der Waals surface area contributed by atoms with E-state index in [1.54, 1.807) is 12.1 Å². The standard InChI is InChI=1S/C13H13FO6/c14-20-7-12(16,17)13(18,19)9-5-1-3-8-4-2-6-10(15)11(8)9/h1-6,15-19H,7H2. The molecule has 0 heterocycles. The third kappa shape index (κ3) is 2.21. The van der Waals surface area contributed by atoms with E-state index in [4.69, 9.17) is 0 Å². The van der Waals surface area contributed by atoms with E-state index in [9.17, 15) is 30.1 Å². The van der Waals surface area contributed by atoms with Gasteiger partial charge in [-0.2, -0.15) is 4.94 Å². The molecule has 0 aliphatic carbocycles. The molecule has 0 unspecified atom stereocenters. The summed E-state index contributed by atoms with van der Waals surface area (Å²) >= 11 is 0. The Kier molecular flexibility index (Phi) is 3.63. The summed E-state index contributed by atoms with van der Waals surface area (Å²) in [6.07, 6.45) is 0. The highest BCUT2D eigenvalue weighted by Gasteiger charge is 2.50. The largest absolute Gasteiger partial charge is 0.507 e. The fourth-order valence-corrected chi connectivity index (χ4v) is 2.00. The average molecular weight is 284 g/mol. The third-order valence-electron chi connectivity index (χ3n) is 3.07. The first-order chi connectivity index (χ1) is 9.31. The van der Waals surface area contributed by atoms with E-state index in [2.05, 4.69) is 4.94 Å². The number of hydrogen-bond donors (Lipinski definition) is 5. The maximum absolute atomic E-state index is 11.8. The number of phenolic OH excluding ortho intramolecular Hbond substituents is 1. The van der Waals surface area contributed by atoms with Gasteiger partial charge in [0.1, 0.15) is 12.4 Å². The number of aliphatic hydroxyl groups is 4. The van der Waals surface area contributed by atoms with Crippen LogP contribution in [0.15, 0.2) is 36.4 Å². The molecular weight excluding hydrogens is 271 g/mol. The molecule has 0 spiro atoms. The number of aromatic hydroxyl groups is 1. The normalized spacial score (nSPS) is 12.8. The van der Waals surface area contributed by atoms with Crippen LogP contribution < -0.4 is 0 Å². The molecule has 0 aliphatic heterocycles. The fourth-order valence-electron chi connectivity index (χ4n) is 2.00. The van der Waals surface area contributed by atoms with Crippen molar-refractivity contribution in [1.82, 2.24) is 0 Å². The molecule has 2 aromatic carbocycles. The highest BCUT2D eigenvalue weighted by molar-refractivity contribution is 5.91. The van der Waals surface area contributed by atoms with Gasteiger partial charge in [-0.25, -0.2) is 0 Å². The van der Waals surface area contributed by atoms with E-state index in [1.165, 1.54) is 24.3 Å². The summed E-state index contributed by atoms with van der Waals surface area (Å²) in [7, 11) is 0. The zero-order chi connectivity index (χ0) is 15.0. The Labute approximate surface area is 112 Å². The molecule has 2 aromatic rings. The molecule has 0 amide bonds. The lowest BCUT2D eigenvalue weighted by Gasteiger charge is -2.34. The Morgan fingerprint density at radius 2 is 1.60 bits per heavy atom. The molecule has 0 saturated carbocycles. The summed E-state index contributed by atoms with van der Waals surface area (Å²) in [4.78, 5) is 3.07. The Hall–Kier alpha value is -1.77. The molecule has 108 valence electrons. The van der Waals surface area contributed by atoms with Crippen LogP contribution in [0.2, 0.25) is 0 Å². The summed E-state index contributed by atoms with van der Waals surface area (Å²) in [6.45, 7) is -1.38. The van der Waals surface area contributed by atoms with Crippen LogP contribution in [0.5, 0.6) is 5.75 Å². The van der Waals surface area contributed by atoms with Crippen molar-refractivity contribution in [2.24, 2.45) is 0 Å². The minimum absolute atomic E-state index is 0.00586. The lowest BCUT2D eigenvalue weighted by atomic mass is 9.92. The highest BCUT2D eigenvalue weighted by atomic mass is 19.3. The van der Waals surface area contributed by atoms with Gasteiger partial charge in [-0.3, -0.25) is 0 Å². The van der Waals surface area contributed by atoms with Crippen molar-refractivity contribution in [2.45, 2.75) is 11.6 Å². The van der Waals surface area contributed by atoms with E-state index in [0.29, 0.717) is 5.39 Å². The second kappa shape index (κ2) is 4.97. The number of fused-ring (bicyclic) bond motifs is 1. The molecule has 2 rings (SSSR count). The molecule has 0 radical (unpaired) electrons. The van der Waals surface area contributed by atoms with E-state index in [1.807, 2.05) is 0 Å². The smallest absolute Gasteiger partial charge is 0.251 e. The molecule has 0 aromatic heterocycles. The molecule has 20 heavy (non-hydrogen) atoms. The lowest BCUT2D eigenvalue weighted by Crippen LogP contribution is -2.54. The van der Waals surface area contributed by atoms with Crippen molar-refractivity contribution in [2.75, 3.05) is 6.61 Å². The molecule has 0 fully saturated rings. The zero-order valence-corrected chi connectivity index (χ0v) is 10.2. The van der Waals surface area contributed by atoms with Crippen LogP contribution in [-0.2, 0) is 10.7 Å². The second-order valence-corrected chi connectivity index (χ2v) is 4.42. The molecule has 0 atom stereocenters. The topological polar surface area (TPSA) is 110 Å². The van der Waals surface area contributed by atoms with Crippen molar-refractivity contribution < 1.29 is 35.0 Å². The zero-order valence-electron chi connectivity index (χ0n) is 10.2. The summed E-state index contributed by atoms with van der Waals surface area (Å²) in [5.74, 6) is -6.85.